The van der Waals surface area contributed by atoms with Crippen molar-refractivity contribution >= 4 is 44.4 Å². The summed E-state index contributed by atoms with van der Waals surface area (Å²) in [6.07, 6.45) is 4.39. The van der Waals surface area contributed by atoms with Crippen molar-refractivity contribution in [2.45, 2.75) is 18.3 Å². The van der Waals surface area contributed by atoms with Gasteiger partial charge in [0.1, 0.15) is 11.3 Å². The van der Waals surface area contributed by atoms with Crippen LogP contribution in [0, 0.1) is 0 Å². The maximum absolute atomic E-state index is 6.86. The molecule has 1 aromatic heterocycles. The average Bonchev–Trinajstić information content (AvgIpc) is 3.79. The number of fused-ring (bicyclic) bond motifs is 7. The lowest BCUT2D eigenvalue weighted by atomic mass is 9.65. The highest BCUT2D eigenvalue weighted by molar-refractivity contribution is 5.98. The van der Waals surface area contributed by atoms with Crippen LogP contribution in [0.5, 0.6) is 0 Å². The molecule has 0 saturated heterocycles. The van der Waals surface area contributed by atoms with Gasteiger partial charge in [-0.25, -0.2) is 0 Å². The van der Waals surface area contributed by atoms with Crippen molar-refractivity contribution in [2.24, 2.45) is 0 Å². The maximum Gasteiger partial charge on any atom is 0.135 e. The first-order chi connectivity index (χ1) is 27.3. The van der Waals surface area contributed by atoms with Crippen LogP contribution in [-0.4, -0.2) is 0 Å². The Morgan fingerprint density at radius 2 is 1.05 bits per heavy atom. The average molecular weight is 704 g/mol. The fourth-order valence-corrected chi connectivity index (χ4v) is 9.39. The molecule has 2 heteroatoms. The number of nitrogens with zero attached hydrogens (tertiary/aromatic N) is 1. The van der Waals surface area contributed by atoms with Gasteiger partial charge in [-0.3, -0.25) is 0 Å². The largest absolute Gasteiger partial charge is 0.456 e. The molecular weight excluding hydrogens is 667 g/mol. The molecule has 0 atom stereocenters. The molecule has 1 heterocycles. The second-order valence-corrected chi connectivity index (χ2v) is 14.7. The van der Waals surface area contributed by atoms with E-state index in [9.17, 15) is 0 Å². The molecule has 0 fully saturated rings. The molecule has 0 bridgehead atoms. The molecule has 2 aliphatic carbocycles. The van der Waals surface area contributed by atoms with Gasteiger partial charge in [-0.1, -0.05) is 152 Å². The van der Waals surface area contributed by atoms with Crippen molar-refractivity contribution < 1.29 is 4.42 Å². The van der Waals surface area contributed by atoms with E-state index in [1.807, 2.05) is 0 Å². The van der Waals surface area contributed by atoms with E-state index in [0.29, 0.717) is 0 Å². The fourth-order valence-electron chi connectivity index (χ4n) is 9.39. The van der Waals surface area contributed by atoms with Crippen molar-refractivity contribution in [1.82, 2.24) is 0 Å². The number of benzene rings is 8. The first kappa shape index (κ1) is 31.6. The number of aryl methyl sites for hydroxylation is 1. The van der Waals surface area contributed by atoms with E-state index in [2.05, 4.69) is 205 Å². The maximum atomic E-state index is 6.86. The molecule has 11 rings (SSSR count). The Labute approximate surface area is 321 Å². The standard InChI is InChI=1S/C53H37NO/c1-2-15-41(16-3-1)54(42-31-27-37(28-32-42)39-26-25-36-13-4-5-14-38(36)35-39)43-33-29-40(30-34-43)53(48-21-9-6-17-44(48)45-18-7-10-22-49(45)53)50-23-12-20-47-46-19-8-11-24-51(46)55-52(47)50/h1-11,13-19,21-35H,12,20H2. The van der Waals surface area contributed by atoms with E-state index in [1.165, 1.54) is 66.2 Å². The van der Waals surface area contributed by atoms with Crippen LogP contribution < -0.4 is 4.90 Å². The zero-order valence-corrected chi connectivity index (χ0v) is 30.3. The Morgan fingerprint density at radius 1 is 0.473 bits per heavy atom. The molecule has 0 radical (unpaired) electrons. The lowest BCUT2D eigenvalue weighted by Gasteiger charge is -2.37. The smallest absolute Gasteiger partial charge is 0.135 e. The van der Waals surface area contributed by atoms with Crippen LogP contribution in [0.25, 0.3) is 49.6 Å². The number of furan rings is 1. The highest BCUT2D eigenvalue weighted by Crippen LogP contribution is 2.60. The van der Waals surface area contributed by atoms with Gasteiger partial charge in [0, 0.05) is 33.6 Å². The number of hydrogen-bond acceptors (Lipinski definition) is 2. The monoisotopic (exact) mass is 703 g/mol. The van der Waals surface area contributed by atoms with Crippen LogP contribution in [0.4, 0.5) is 17.1 Å². The number of para-hydroxylation sites is 2. The number of hydrogen-bond donors (Lipinski definition) is 0. The molecule has 0 aliphatic heterocycles. The molecule has 0 saturated carbocycles. The second kappa shape index (κ2) is 12.6. The number of rotatable bonds is 6. The van der Waals surface area contributed by atoms with Gasteiger partial charge >= 0.3 is 0 Å². The van der Waals surface area contributed by atoms with Crippen LogP contribution in [0.2, 0.25) is 0 Å². The van der Waals surface area contributed by atoms with Crippen LogP contribution in [0.15, 0.2) is 205 Å². The minimum absolute atomic E-state index is 0.548. The summed E-state index contributed by atoms with van der Waals surface area (Å²) in [4.78, 5) is 2.36. The highest BCUT2D eigenvalue weighted by Gasteiger charge is 2.49. The summed E-state index contributed by atoms with van der Waals surface area (Å²) in [6.45, 7) is 0. The van der Waals surface area contributed by atoms with E-state index in [0.717, 1.165) is 41.2 Å². The summed E-state index contributed by atoms with van der Waals surface area (Å²) in [7, 11) is 0. The zero-order valence-electron chi connectivity index (χ0n) is 30.3. The summed E-state index contributed by atoms with van der Waals surface area (Å²) in [6, 6.07) is 70.7. The molecule has 2 nitrogen and oxygen atoms in total. The van der Waals surface area contributed by atoms with Crippen molar-refractivity contribution in [3.8, 4) is 22.3 Å². The van der Waals surface area contributed by atoms with Gasteiger partial charge in [-0.15, -0.1) is 0 Å². The molecule has 0 N–H and O–H groups in total. The minimum Gasteiger partial charge on any atom is -0.456 e. The molecule has 260 valence electrons. The lowest BCUT2D eigenvalue weighted by Crippen LogP contribution is -2.30. The fraction of sp³-hybridized carbons (Fsp3) is 0.0566. The molecule has 8 aromatic carbocycles. The predicted octanol–water partition coefficient (Wildman–Crippen LogP) is 14.1. The van der Waals surface area contributed by atoms with Crippen LogP contribution in [0.3, 0.4) is 0 Å². The second-order valence-electron chi connectivity index (χ2n) is 14.7. The summed E-state index contributed by atoms with van der Waals surface area (Å²) in [5, 5.41) is 3.73. The minimum atomic E-state index is -0.548. The van der Waals surface area contributed by atoms with Crippen LogP contribution in [0.1, 0.15) is 34.4 Å². The summed E-state index contributed by atoms with van der Waals surface area (Å²) in [5.41, 5.74) is 15.1. The molecule has 9 aromatic rings. The first-order valence-electron chi connectivity index (χ1n) is 19.2. The third-order valence-corrected chi connectivity index (χ3v) is 11.8. The van der Waals surface area contributed by atoms with E-state index in [1.54, 1.807) is 0 Å². The molecule has 0 unspecified atom stereocenters. The Bertz CT molecular complexity index is 2870. The van der Waals surface area contributed by atoms with E-state index in [-0.39, 0.29) is 0 Å². The van der Waals surface area contributed by atoms with Gasteiger partial charge in [0.25, 0.3) is 0 Å². The SMILES string of the molecule is C1=C(C2(c3ccc(N(c4ccccc4)c4ccc(-c5ccc6ccccc6c5)cc4)cc3)c3ccccc3-c3ccccc32)c2oc3ccccc3c2CC1. The zero-order chi connectivity index (χ0) is 36.3. The molecular formula is C53H37NO. The Morgan fingerprint density at radius 3 is 1.80 bits per heavy atom. The third kappa shape index (κ3) is 4.88. The van der Waals surface area contributed by atoms with E-state index < -0.39 is 5.41 Å². The van der Waals surface area contributed by atoms with Gasteiger partial charge in [0.2, 0.25) is 0 Å². The molecule has 55 heavy (non-hydrogen) atoms. The number of allylic oxidation sites excluding steroid dienone is 2. The predicted molar refractivity (Wildman–Crippen MR) is 228 cm³/mol. The Hall–Kier alpha value is -6.90. The molecule has 0 amide bonds. The molecule has 2 aliphatic rings. The van der Waals surface area contributed by atoms with Crippen molar-refractivity contribution in [2.75, 3.05) is 4.90 Å². The lowest BCUT2D eigenvalue weighted by molar-refractivity contribution is 0.576. The number of anilines is 3. The quantitative estimate of drug-likeness (QED) is 0.171. The Kier molecular flexibility index (Phi) is 7.25. The van der Waals surface area contributed by atoms with Gasteiger partial charge in [-0.2, -0.15) is 0 Å². The van der Waals surface area contributed by atoms with Crippen molar-refractivity contribution in [3.63, 3.8) is 0 Å². The van der Waals surface area contributed by atoms with Gasteiger partial charge in [-0.05, 0) is 111 Å². The van der Waals surface area contributed by atoms with E-state index in [4.69, 9.17) is 4.42 Å². The molecule has 0 spiro atoms. The highest BCUT2D eigenvalue weighted by atomic mass is 16.3. The van der Waals surface area contributed by atoms with Crippen molar-refractivity contribution in [1.29, 1.82) is 0 Å². The first-order valence-corrected chi connectivity index (χ1v) is 19.2. The van der Waals surface area contributed by atoms with Crippen molar-refractivity contribution in [3.05, 3.63) is 228 Å². The van der Waals surface area contributed by atoms with Gasteiger partial charge in [0.05, 0.1) is 5.41 Å². The van der Waals surface area contributed by atoms with Crippen LogP contribution in [-0.2, 0) is 11.8 Å². The summed E-state index contributed by atoms with van der Waals surface area (Å²) < 4.78 is 6.86. The summed E-state index contributed by atoms with van der Waals surface area (Å²) >= 11 is 0. The third-order valence-electron chi connectivity index (χ3n) is 11.8. The van der Waals surface area contributed by atoms with Crippen LogP contribution >= 0.6 is 0 Å². The summed E-state index contributed by atoms with van der Waals surface area (Å²) in [5.74, 6) is 1.01. The van der Waals surface area contributed by atoms with Gasteiger partial charge < -0.3 is 9.32 Å². The van der Waals surface area contributed by atoms with E-state index >= 15 is 0 Å². The van der Waals surface area contributed by atoms with Gasteiger partial charge in [0.15, 0.2) is 0 Å². The normalized spacial score (nSPS) is 13.9. The Balaban J connectivity index is 1.06. The topological polar surface area (TPSA) is 16.4 Å².